The molecule has 0 aromatic heterocycles. The summed E-state index contributed by atoms with van der Waals surface area (Å²) in [6, 6.07) is 12.0. The van der Waals surface area contributed by atoms with Crippen LogP contribution >= 0.6 is 23.2 Å². The van der Waals surface area contributed by atoms with Crippen molar-refractivity contribution in [1.82, 2.24) is 10.2 Å². The van der Waals surface area contributed by atoms with E-state index in [2.05, 4.69) is 10.1 Å². The second-order valence-corrected chi connectivity index (χ2v) is 14.7. The second kappa shape index (κ2) is 12.5. The number of benzene rings is 2. The van der Waals surface area contributed by atoms with Crippen molar-refractivity contribution >= 4 is 45.0 Å². The van der Waals surface area contributed by atoms with E-state index in [9.17, 15) is 36.4 Å². The van der Waals surface area contributed by atoms with E-state index in [1.54, 1.807) is 24.3 Å². The Morgan fingerprint density at radius 3 is 2.29 bits per heavy atom. The largest absolute Gasteiger partial charge is 0.484 e. The lowest BCUT2D eigenvalue weighted by molar-refractivity contribution is -0.153. The summed E-state index contributed by atoms with van der Waals surface area (Å²) in [4.78, 5) is 28.3. The molecule has 5 rings (SSSR count). The van der Waals surface area contributed by atoms with Gasteiger partial charge in [-0.05, 0) is 55.5 Å². The van der Waals surface area contributed by atoms with Gasteiger partial charge < -0.3 is 19.7 Å². The topological polar surface area (TPSA) is 126 Å². The molecular formula is C30H30Cl2F3N3O6S. The average molecular weight is 689 g/mol. The van der Waals surface area contributed by atoms with Gasteiger partial charge in [0.25, 0.3) is 0 Å². The molecule has 45 heavy (non-hydrogen) atoms. The van der Waals surface area contributed by atoms with Gasteiger partial charge >= 0.3 is 12.3 Å². The molecule has 1 saturated heterocycles. The van der Waals surface area contributed by atoms with Gasteiger partial charge in [-0.25, -0.2) is 13.2 Å². The van der Waals surface area contributed by atoms with Gasteiger partial charge in [0.1, 0.15) is 11.3 Å². The average Bonchev–Trinajstić information content (AvgIpc) is 3.64. The number of halogens is 5. The van der Waals surface area contributed by atoms with Crippen LogP contribution in [-0.4, -0.2) is 61.7 Å². The van der Waals surface area contributed by atoms with Gasteiger partial charge in [-0.1, -0.05) is 54.6 Å². The molecule has 1 heterocycles. The number of nitrogens with zero attached hydrogens (tertiary/aromatic N) is 2. The zero-order chi connectivity index (χ0) is 32.6. The van der Waals surface area contributed by atoms with Crippen LogP contribution in [0, 0.1) is 11.3 Å². The van der Waals surface area contributed by atoms with Crippen LogP contribution in [0.3, 0.4) is 0 Å². The number of alkyl carbamates (subject to hydrolysis) is 1. The van der Waals surface area contributed by atoms with Crippen molar-refractivity contribution < 1.29 is 40.7 Å². The van der Waals surface area contributed by atoms with E-state index in [1.807, 2.05) is 6.07 Å². The molecule has 2 saturated carbocycles. The van der Waals surface area contributed by atoms with Crippen LogP contribution in [0.2, 0.25) is 10.0 Å². The van der Waals surface area contributed by atoms with Crippen molar-refractivity contribution in [1.29, 1.82) is 5.26 Å². The third-order valence-corrected chi connectivity index (χ3v) is 11.5. The summed E-state index contributed by atoms with van der Waals surface area (Å²) in [5.41, 5.74) is -1.36. The molecule has 242 valence electrons. The minimum absolute atomic E-state index is 0.272. The van der Waals surface area contributed by atoms with Crippen molar-refractivity contribution in [3.8, 4) is 11.8 Å². The molecule has 0 bridgehead atoms. The van der Waals surface area contributed by atoms with E-state index >= 15 is 0 Å². The fourth-order valence-electron chi connectivity index (χ4n) is 6.02. The molecule has 0 unspecified atom stereocenters. The number of carbonyl (C=O) groups excluding carboxylic acids is 2. The maximum Gasteiger partial charge on any atom is 0.422 e. The van der Waals surface area contributed by atoms with E-state index in [-0.39, 0.29) is 28.6 Å². The molecule has 0 spiro atoms. The molecule has 2 atom stereocenters. The van der Waals surface area contributed by atoms with E-state index in [4.69, 9.17) is 27.9 Å². The zero-order valence-electron chi connectivity index (χ0n) is 23.9. The minimum Gasteiger partial charge on any atom is -0.484 e. The number of ether oxygens (including phenoxy) is 2. The zero-order valence-corrected chi connectivity index (χ0v) is 26.2. The normalized spacial score (nSPS) is 22.3. The SMILES string of the molecule is N#CC1(NC(=O)O[C@H]2C[C@@H](S(=O)(=O)c3ccc(OCC(F)(F)F)cc3Cl)CN2C(=O)C2(c3ccc(Cl)cc3)CCCCC2)CC1. The first-order chi connectivity index (χ1) is 21.2. The minimum atomic E-state index is -4.60. The van der Waals surface area contributed by atoms with Gasteiger partial charge in [0.05, 0.1) is 26.7 Å². The first-order valence-corrected chi connectivity index (χ1v) is 16.7. The van der Waals surface area contributed by atoms with Gasteiger partial charge in [0.15, 0.2) is 22.7 Å². The Kier molecular flexibility index (Phi) is 9.23. The summed E-state index contributed by atoms with van der Waals surface area (Å²) < 4.78 is 75.9. The summed E-state index contributed by atoms with van der Waals surface area (Å²) in [5.74, 6) is -0.672. The number of carbonyl (C=O) groups is 2. The maximum absolute atomic E-state index is 14.5. The molecule has 0 radical (unpaired) electrons. The monoisotopic (exact) mass is 687 g/mol. The van der Waals surface area contributed by atoms with Crippen LogP contribution in [0.5, 0.6) is 5.75 Å². The molecule has 2 aromatic rings. The predicted molar refractivity (Wildman–Crippen MR) is 158 cm³/mol. The van der Waals surface area contributed by atoms with Crippen molar-refractivity contribution in [2.45, 2.75) is 84.9 Å². The molecule has 2 aromatic carbocycles. The van der Waals surface area contributed by atoms with Crippen LogP contribution in [0.1, 0.15) is 56.9 Å². The highest BCUT2D eigenvalue weighted by Crippen LogP contribution is 2.44. The Morgan fingerprint density at radius 2 is 1.71 bits per heavy atom. The van der Waals surface area contributed by atoms with Gasteiger partial charge in [-0.3, -0.25) is 4.79 Å². The Labute approximate surface area is 268 Å². The highest BCUT2D eigenvalue weighted by atomic mass is 35.5. The van der Waals surface area contributed by atoms with E-state index < -0.39 is 57.1 Å². The fraction of sp³-hybridized carbons (Fsp3) is 0.500. The van der Waals surface area contributed by atoms with Crippen molar-refractivity contribution in [2.24, 2.45) is 0 Å². The maximum atomic E-state index is 14.5. The van der Waals surface area contributed by atoms with Gasteiger partial charge in [0.2, 0.25) is 5.91 Å². The van der Waals surface area contributed by atoms with E-state index in [0.29, 0.717) is 36.3 Å². The molecule has 1 aliphatic heterocycles. The molecule has 3 aliphatic rings. The number of likely N-dealkylation sites (tertiary alicyclic amines) is 1. The molecule has 2 amide bonds. The van der Waals surface area contributed by atoms with Crippen molar-refractivity contribution in [3.05, 3.63) is 58.1 Å². The Morgan fingerprint density at radius 1 is 1.04 bits per heavy atom. The molecular weight excluding hydrogens is 658 g/mol. The lowest BCUT2D eigenvalue weighted by Crippen LogP contribution is -2.52. The van der Waals surface area contributed by atoms with Crippen LogP contribution in [0.25, 0.3) is 0 Å². The summed E-state index contributed by atoms with van der Waals surface area (Å²) >= 11 is 12.4. The van der Waals surface area contributed by atoms with Gasteiger partial charge in [-0.15, -0.1) is 0 Å². The number of nitrogens with one attached hydrogen (secondary N) is 1. The second-order valence-electron chi connectivity index (χ2n) is 11.7. The Bertz CT molecular complexity index is 1600. The highest BCUT2D eigenvalue weighted by molar-refractivity contribution is 7.92. The Balaban J connectivity index is 1.45. The number of sulfone groups is 1. The van der Waals surface area contributed by atoms with Crippen LogP contribution < -0.4 is 10.1 Å². The number of rotatable bonds is 8. The summed E-state index contributed by atoms with van der Waals surface area (Å²) in [6.07, 6.45) is -2.88. The van der Waals surface area contributed by atoms with Crippen LogP contribution in [-0.2, 0) is 24.8 Å². The highest BCUT2D eigenvalue weighted by Gasteiger charge is 2.52. The van der Waals surface area contributed by atoms with Crippen LogP contribution in [0.4, 0.5) is 18.0 Å². The van der Waals surface area contributed by atoms with Crippen molar-refractivity contribution in [2.75, 3.05) is 13.2 Å². The number of alkyl halides is 3. The number of hydrogen-bond acceptors (Lipinski definition) is 7. The summed E-state index contributed by atoms with van der Waals surface area (Å²) in [6.45, 7) is -1.92. The fourth-order valence-corrected chi connectivity index (χ4v) is 8.37. The number of hydrogen-bond donors (Lipinski definition) is 1. The van der Waals surface area contributed by atoms with Gasteiger partial charge in [-0.2, -0.15) is 18.4 Å². The lowest BCUT2D eigenvalue weighted by atomic mass is 9.68. The van der Waals surface area contributed by atoms with Crippen molar-refractivity contribution in [3.63, 3.8) is 0 Å². The first kappa shape index (κ1) is 33.2. The van der Waals surface area contributed by atoms with E-state index in [0.717, 1.165) is 37.5 Å². The summed E-state index contributed by atoms with van der Waals surface area (Å²) in [7, 11) is -4.30. The third kappa shape index (κ3) is 7.13. The third-order valence-electron chi connectivity index (χ3n) is 8.59. The molecule has 9 nitrogen and oxygen atoms in total. The van der Waals surface area contributed by atoms with Crippen LogP contribution in [0.15, 0.2) is 47.4 Å². The summed E-state index contributed by atoms with van der Waals surface area (Å²) in [5, 5.41) is 10.8. The lowest BCUT2D eigenvalue weighted by Gasteiger charge is -2.40. The molecule has 3 fully saturated rings. The smallest absolute Gasteiger partial charge is 0.422 e. The number of amides is 2. The molecule has 1 N–H and O–H groups in total. The predicted octanol–water partition coefficient (Wildman–Crippen LogP) is 6.32. The first-order valence-electron chi connectivity index (χ1n) is 14.4. The van der Waals surface area contributed by atoms with E-state index in [1.165, 1.54) is 4.90 Å². The Hall–Kier alpha value is -3.21. The number of nitriles is 1. The molecule has 15 heteroatoms. The molecule has 2 aliphatic carbocycles. The quantitative estimate of drug-likeness (QED) is 0.344. The van der Waals surface area contributed by atoms with Gasteiger partial charge in [0, 0.05) is 24.1 Å². The standard InChI is InChI=1S/C30H30Cl2F3N3O6S/c31-20-6-4-19(5-7-20)29(10-2-1-3-11-29)26(39)38-16-22(15-25(38)44-27(40)37-28(17-36)12-13-28)45(41,42)24-9-8-21(14-23(24)32)43-18-30(33,34)35/h4-9,14,22,25H,1-3,10-13,15-16,18H2,(H,37,40)/t22-,25+/m1/s1.